The summed E-state index contributed by atoms with van der Waals surface area (Å²) in [5.74, 6) is 0.391. The average molecular weight is 290 g/mol. The van der Waals surface area contributed by atoms with Crippen LogP contribution in [0.1, 0.15) is 11.6 Å². The first kappa shape index (κ1) is 12.9. The fourth-order valence-corrected chi connectivity index (χ4v) is 2.03. The summed E-state index contributed by atoms with van der Waals surface area (Å²) in [6.45, 7) is 0.278. The number of hydrogen-bond donors (Lipinski definition) is 1. The minimum atomic E-state index is -0.283. The molecule has 20 heavy (non-hydrogen) atoms. The van der Waals surface area contributed by atoms with Crippen molar-refractivity contribution in [1.82, 2.24) is 10.1 Å². The molecular formula is C14H12ClN3O2. The van der Waals surface area contributed by atoms with Crippen LogP contribution in [0.25, 0.3) is 11.0 Å². The fraction of sp³-hybridized carbons (Fsp3) is 0.143. The molecule has 0 radical (unpaired) electrons. The third-order valence-electron chi connectivity index (χ3n) is 2.91. The van der Waals surface area contributed by atoms with Gasteiger partial charge in [0.25, 0.3) is 5.88 Å². The maximum atomic E-state index is 6.04. The molecule has 0 fully saturated rings. The first-order chi connectivity index (χ1) is 9.74. The molecule has 0 saturated carbocycles. The third-order valence-corrected chi connectivity index (χ3v) is 3.15. The Morgan fingerprint density at radius 3 is 3.05 bits per heavy atom. The summed E-state index contributed by atoms with van der Waals surface area (Å²) in [7, 11) is 0. The van der Waals surface area contributed by atoms with Crippen molar-refractivity contribution >= 4 is 22.6 Å². The quantitative estimate of drug-likeness (QED) is 0.799. The summed E-state index contributed by atoms with van der Waals surface area (Å²) in [6.07, 6.45) is 3.41. The first-order valence-corrected chi connectivity index (χ1v) is 6.45. The molecule has 0 spiro atoms. The summed E-state index contributed by atoms with van der Waals surface area (Å²) >= 11 is 5.95. The number of ether oxygens (including phenoxy) is 1. The van der Waals surface area contributed by atoms with Crippen LogP contribution < -0.4 is 10.5 Å². The van der Waals surface area contributed by atoms with Gasteiger partial charge in [-0.3, -0.25) is 4.98 Å². The number of nitrogens with two attached hydrogens (primary N) is 1. The molecule has 3 rings (SSSR count). The number of pyridine rings is 1. The minimum absolute atomic E-state index is 0.278. The smallest absolute Gasteiger partial charge is 0.262 e. The zero-order valence-corrected chi connectivity index (χ0v) is 11.2. The van der Waals surface area contributed by atoms with E-state index in [0.717, 1.165) is 10.9 Å². The number of halogens is 1. The Kier molecular flexibility index (Phi) is 3.54. The van der Waals surface area contributed by atoms with Crippen LogP contribution in [0.3, 0.4) is 0 Å². The van der Waals surface area contributed by atoms with E-state index in [1.54, 1.807) is 30.6 Å². The maximum Gasteiger partial charge on any atom is 0.262 e. The summed E-state index contributed by atoms with van der Waals surface area (Å²) in [5.41, 5.74) is 7.56. The van der Waals surface area contributed by atoms with Crippen molar-refractivity contribution in [2.24, 2.45) is 5.73 Å². The second kappa shape index (κ2) is 5.48. The summed E-state index contributed by atoms with van der Waals surface area (Å²) in [6, 6.07) is 8.69. The van der Waals surface area contributed by atoms with Gasteiger partial charge in [-0.25, -0.2) is 0 Å². The third kappa shape index (κ3) is 2.59. The van der Waals surface area contributed by atoms with Gasteiger partial charge in [0, 0.05) is 17.4 Å². The van der Waals surface area contributed by atoms with Crippen LogP contribution in [0.4, 0.5) is 0 Å². The van der Waals surface area contributed by atoms with Crippen molar-refractivity contribution in [3.63, 3.8) is 0 Å². The van der Waals surface area contributed by atoms with E-state index in [-0.39, 0.29) is 12.6 Å². The van der Waals surface area contributed by atoms with Crippen LogP contribution in [0, 0.1) is 0 Å². The molecule has 102 valence electrons. The number of benzene rings is 1. The Balaban J connectivity index is 1.75. The Hall–Kier alpha value is -2.11. The molecule has 1 aromatic carbocycles. The average Bonchev–Trinajstić information content (AvgIpc) is 2.88. The highest BCUT2D eigenvalue weighted by atomic mass is 35.5. The first-order valence-electron chi connectivity index (χ1n) is 6.07. The van der Waals surface area contributed by atoms with Crippen LogP contribution in [0.15, 0.2) is 47.2 Å². The van der Waals surface area contributed by atoms with E-state index in [0.29, 0.717) is 16.5 Å². The van der Waals surface area contributed by atoms with Crippen LogP contribution in [-0.2, 0) is 0 Å². The van der Waals surface area contributed by atoms with Crippen molar-refractivity contribution in [1.29, 1.82) is 0 Å². The predicted octanol–water partition coefficient (Wildman–Crippen LogP) is 2.96. The standard InChI is InChI=1S/C14H12ClN3O2/c15-10-3-4-13-11(6-10)14(18-20-13)19-8-12(16)9-2-1-5-17-7-9/h1-7,12H,8,16H2. The molecule has 2 heterocycles. The lowest BCUT2D eigenvalue weighted by molar-refractivity contribution is 0.264. The summed E-state index contributed by atoms with van der Waals surface area (Å²) < 4.78 is 10.8. The lowest BCUT2D eigenvalue weighted by atomic mass is 10.1. The number of rotatable bonds is 4. The molecule has 2 aromatic heterocycles. The fourth-order valence-electron chi connectivity index (χ4n) is 1.85. The molecule has 0 aliphatic carbocycles. The zero-order valence-electron chi connectivity index (χ0n) is 10.5. The normalized spacial score (nSPS) is 12.5. The van der Waals surface area contributed by atoms with E-state index >= 15 is 0 Å². The maximum absolute atomic E-state index is 6.04. The van der Waals surface area contributed by atoms with Gasteiger partial charge in [-0.15, -0.1) is 0 Å². The lowest BCUT2D eigenvalue weighted by Gasteiger charge is -2.11. The molecule has 6 heteroatoms. The largest absolute Gasteiger partial charge is 0.473 e. The van der Waals surface area contributed by atoms with Gasteiger partial charge < -0.3 is 15.0 Å². The SMILES string of the molecule is NC(COc1noc2ccc(Cl)cc12)c1cccnc1. The van der Waals surface area contributed by atoms with Crippen molar-refractivity contribution < 1.29 is 9.26 Å². The van der Waals surface area contributed by atoms with Gasteiger partial charge in [0.15, 0.2) is 5.58 Å². The van der Waals surface area contributed by atoms with Crippen LogP contribution in [0.2, 0.25) is 5.02 Å². The van der Waals surface area contributed by atoms with Crippen LogP contribution >= 0.6 is 11.6 Å². The summed E-state index contributed by atoms with van der Waals surface area (Å²) in [4.78, 5) is 4.03. The number of aromatic nitrogens is 2. The predicted molar refractivity (Wildman–Crippen MR) is 75.7 cm³/mol. The molecule has 1 atom stereocenters. The van der Waals surface area contributed by atoms with Gasteiger partial charge in [0.05, 0.1) is 11.4 Å². The van der Waals surface area contributed by atoms with Crippen molar-refractivity contribution in [3.8, 4) is 5.88 Å². The Morgan fingerprint density at radius 1 is 1.35 bits per heavy atom. The monoisotopic (exact) mass is 289 g/mol. The highest BCUT2D eigenvalue weighted by Gasteiger charge is 2.12. The number of hydrogen-bond acceptors (Lipinski definition) is 5. The zero-order chi connectivity index (χ0) is 13.9. The van der Waals surface area contributed by atoms with Crippen LogP contribution in [-0.4, -0.2) is 16.7 Å². The van der Waals surface area contributed by atoms with E-state index in [9.17, 15) is 0 Å². The van der Waals surface area contributed by atoms with Crippen molar-refractivity contribution in [2.75, 3.05) is 6.61 Å². The number of nitrogens with zero attached hydrogens (tertiary/aromatic N) is 2. The molecular weight excluding hydrogens is 278 g/mol. The van der Waals surface area contributed by atoms with Gasteiger partial charge in [0.2, 0.25) is 0 Å². The second-order valence-electron chi connectivity index (χ2n) is 4.33. The molecule has 1 unspecified atom stereocenters. The molecule has 0 amide bonds. The lowest BCUT2D eigenvalue weighted by Crippen LogP contribution is -2.19. The highest BCUT2D eigenvalue weighted by Crippen LogP contribution is 2.28. The number of fused-ring (bicyclic) bond motifs is 1. The topological polar surface area (TPSA) is 74.2 Å². The van der Waals surface area contributed by atoms with E-state index in [2.05, 4.69) is 10.1 Å². The molecule has 5 nitrogen and oxygen atoms in total. The Bertz CT molecular complexity index is 715. The molecule has 0 bridgehead atoms. The molecule has 3 aromatic rings. The van der Waals surface area contributed by atoms with E-state index < -0.39 is 0 Å². The van der Waals surface area contributed by atoms with Gasteiger partial charge >= 0.3 is 0 Å². The van der Waals surface area contributed by atoms with Crippen LogP contribution in [0.5, 0.6) is 5.88 Å². The highest BCUT2D eigenvalue weighted by molar-refractivity contribution is 6.31. The molecule has 0 aliphatic heterocycles. The van der Waals surface area contributed by atoms with E-state index in [4.69, 9.17) is 26.6 Å². The van der Waals surface area contributed by atoms with Gasteiger partial charge in [0.1, 0.15) is 6.61 Å². The van der Waals surface area contributed by atoms with Gasteiger partial charge in [-0.2, -0.15) is 0 Å². The second-order valence-corrected chi connectivity index (χ2v) is 4.77. The van der Waals surface area contributed by atoms with Crippen molar-refractivity contribution in [3.05, 3.63) is 53.3 Å². The van der Waals surface area contributed by atoms with Gasteiger partial charge in [-0.1, -0.05) is 17.7 Å². The summed E-state index contributed by atoms with van der Waals surface area (Å²) in [5, 5.41) is 5.21. The van der Waals surface area contributed by atoms with E-state index in [1.165, 1.54) is 0 Å². The Morgan fingerprint density at radius 2 is 2.25 bits per heavy atom. The molecule has 2 N–H and O–H groups in total. The van der Waals surface area contributed by atoms with Gasteiger partial charge in [-0.05, 0) is 35.0 Å². The Labute approximate surface area is 120 Å². The minimum Gasteiger partial charge on any atom is -0.473 e. The van der Waals surface area contributed by atoms with E-state index in [1.807, 2.05) is 12.1 Å². The molecule has 0 saturated heterocycles. The van der Waals surface area contributed by atoms with Crippen molar-refractivity contribution in [2.45, 2.75) is 6.04 Å². The molecule has 0 aliphatic rings.